The lowest BCUT2D eigenvalue weighted by Crippen LogP contribution is -1.98. The molecule has 3 nitrogen and oxygen atoms in total. The fraction of sp³-hybridized carbons (Fsp3) is 0.222. The summed E-state index contributed by atoms with van der Waals surface area (Å²) in [5.74, 6) is -0.126. The highest BCUT2D eigenvalue weighted by molar-refractivity contribution is 9.10. The van der Waals surface area contributed by atoms with Crippen LogP contribution in [-0.2, 0) is 6.42 Å². The molecule has 0 aliphatic carbocycles. The molecule has 0 saturated carbocycles. The molecule has 0 saturated heterocycles. The van der Waals surface area contributed by atoms with Crippen LogP contribution in [0.3, 0.4) is 0 Å². The maximum Gasteiger partial charge on any atom is 0.336 e. The maximum absolute atomic E-state index is 10.8. The van der Waals surface area contributed by atoms with Gasteiger partial charge in [0.25, 0.3) is 0 Å². The molecule has 1 N–H and O–H groups in total. The number of benzene rings is 1. The second kappa shape index (κ2) is 3.03. The molecule has 0 bridgehead atoms. The van der Waals surface area contributed by atoms with Crippen molar-refractivity contribution in [2.75, 3.05) is 6.61 Å². The fourth-order valence-electron chi connectivity index (χ4n) is 1.36. The van der Waals surface area contributed by atoms with Gasteiger partial charge >= 0.3 is 5.97 Å². The molecule has 13 heavy (non-hydrogen) atoms. The van der Waals surface area contributed by atoms with Crippen molar-refractivity contribution in [3.8, 4) is 5.75 Å². The second-order valence-corrected chi connectivity index (χ2v) is 3.70. The summed E-state index contributed by atoms with van der Waals surface area (Å²) < 4.78 is 5.86. The Kier molecular flexibility index (Phi) is 2.00. The lowest BCUT2D eigenvalue weighted by atomic mass is 10.1. The van der Waals surface area contributed by atoms with Gasteiger partial charge in [-0.05, 0) is 33.6 Å². The SMILES string of the molecule is O=C(O)c1cc2c(cc1Br)OCC2. The van der Waals surface area contributed by atoms with Crippen LogP contribution in [0.1, 0.15) is 15.9 Å². The summed E-state index contributed by atoms with van der Waals surface area (Å²) in [5, 5.41) is 8.83. The van der Waals surface area contributed by atoms with Gasteiger partial charge in [-0.1, -0.05) is 0 Å². The zero-order chi connectivity index (χ0) is 9.42. The average Bonchev–Trinajstić information content (AvgIpc) is 2.48. The highest BCUT2D eigenvalue weighted by Crippen LogP contribution is 2.31. The number of carboxylic acid groups (broad SMARTS) is 1. The van der Waals surface area contributed by atoms with E-state index < -0.39 is 5.97 Å². The van der Waals surface area contributed by atoms with E-state index in [0.29, 0.717) is 16.6 Å². The van der Waals surface area contributed by atoms with Crippen molar-refractivity contribution in [2.24, 2.45) is 0 Å². The first kappa shape index (κ1) is 8.56. The van der Waals surface area contributed by atoms with Crippen LogP contribution in [0.4, 0.5) is 0 Å². The highest BCUT2D eigenvalue weighted by atomic mass is 79.9. The highest BCUT2D eigenvalue weighted by Gasteiger charge is 2.17. The molecule has 1 aliphatic rings. The monoisotopic (exact) mass is 242 g/mol. The van der Waals surface area contributed by atoms with Crippen molar-refractivity contribution in [1.82, 2.24) is 0 Å². The van der Waals surface area contributed by atoms with Crippen molar-refractivity contribution in [1.29, 1.82) is 0 Å². The third-order valence-corrected chi connectivity index (χ3v) is 2.67. The summed E-state index contributed by atoms with van der Waals surface area (Å²) >= 11 is 3.19. The van der Waals surface area contributed by atoms with Gasteiger partial charge in [-0.25, -0.2) is 4.79 Å². The van der Waals surface area contributed by atoms with E-state index in [4.69, 9.17) is 9.84 Å². The molecule has 1 aliphatic heterocycles. The Labute approximate surface area is 83.5 Å². The molecule has 0 atom stereocenters. The Hall–Kier alpha value is -1.03. The molecule has 0 amide bonds. The Morgan fingerprint density at radius 3 is 3.00 bits per heavy atom. The molecule has 2 rings (SSSR count). The van der Waals surface area contributed by atoms with Crippen LogP contribution in [0.25, 0.3) is 0 Å². The molecular formula is C9H7BrO3. The number of carboxylic acids is 1. The van der Waals surface area contributed by atoms with Crippen LogP contribution in [0.15, 0.2) is 16.6 Å². The van der Waals surface area contributed by atoms with Gasteiger partial charge in [0.15, 0.2) is 0 Å². The molecular weight excluding hydrogens is 236 g/mol. The molecule has 1 aromatic carbocycles. The van der Waals surface area contributed by atoms with Gasteiger partial charge < -0.3 is 9.84 Å². The predicted molar refractivity (Wildman–Crippen MR) is 50.3 cm³/mol. The van der Waals surface area contributed by atoms with Crippen LogP contribution < -0.4 is 4.74 Å². The molecule has 0 fully saturated rings. The Balaban J connectivity index is 2.55. The van der Waals surface area contributed by atoms with Crippen LogP contribution in [0, 0.1) is 0 Å². The smallest absolute Gasteiger partial charge is 0.336 e. The Bertz CT molecular complexity index is 373. The number of halogens is 1. The fourth-order valence-corrected chi connectivity index (χ4v) is 1.86. The van der Waals surface area contributed by atoms with Crippen molar-refractivity contribution >= 4 is 21.9 Å². The van der Waals surface area contributed by atoms with Crippen molar-refractivity contribution in [3.05, 3.63) is 27.7 Å². The molecule has 1 aromatic rings. The van der Waals surface area contributed by atoms with Crippen LogP contribution in [0.5, 0.6) is 5.75 Å². The number of rotatable bonds is 1. The first-order valence-electron chi connectivity index (χ1n) is 3.87. The molecule has 4 heteroatoms. The average molecular weight is 243 g/mol. The van der Waals surface area contributed by atoms with Gasteiger partial charge in [-0.2, -0.15) is 0 Å². The van der Waals surface area contributed by atoms with Crippen LogP contribution in [0.2, 0.25) is 0 Å². The van der Waals surface area contributed by atoms with E-state index in [2.05, 4.69) is 15.9 Å². The summed E-state index contributed by atoms with van der Waals surface area (Å²) in [7, 11) is 0. The molecule has 0 aromatic heterocycles. The van der Waals surface area contributed by atoms with Crippen molar-refractivity contribution in [2.45, 2.75) is 6.42 Å². The molecule has 1 heterocycles. The van der Waals surface area contributed by atoms with Gasteiger partial charge in [0.05, 0.1) is 12.2 Å². The second-order valence-electron chi connectivity index (χ2n) is 2.84. The minimum atomic E-state index is -0.915. The first-order chi connectivity index (χ1) is 6.18. The first-order valence-corrected chi connectivity index (χ1v) is 4.66. The third kappa shape index (κ3) is 1.42. The quantitative estimate of drug-likeness (QED) is 0.821. The lowest BCUT2D eigenvalue weighted by molar-refractivity contribution is 0.0696. The Morgan fingerprint density at radius 2 is 2.31 bits per heavy atom. The summed E-state index contributed by atoms with van der Waals surface area (Å²) in [6, 6.07) is 3.38. The van der Waals surface area contributed by atoms with E-state index in [9.17, 15) is 4.79 Å². The number of hydrogen-bond acceptors (Lipinski definition) is 2. The summed E-state index contributed by atoms with van der Waals surface area (Å²) in [6.07, 6.45) is 0.795. The summed E-state index contributed by atoms with van der Waals surface area (Å²) in [4.78, 5) is 10.8. The largest absolute Gasteiger partial charge is 0.493 e. The molecule has 68 valence electrons. The number of ether oxygens (including phenoxy) is 1. The number of hydrogen-bond donors (Lipinski definition) is 1. The molecule has 0 unspecified atom stereocenters. The van der Waals surface area contributed by atoms with E-state index in [0.717, 1.165) is 17.7 Å². The van der Waals surface area contributed by atoms with Crippen molar-refractivity contribution < 1.29 is 14.6 Å². The van der Waals surface area contributed by atoms with E-state index in [-0.39, 0.29) is 0 Å². The molecule has 0 radical (unpaired) electrons. The van der Waals surface area contributed by atoms with Gasteiger partial charge in [-0.3, -0.25) is 0 Å². The zero-order valence-corrected chi connectivity index (χ0v) is 8.30. The number of aromatic carboxylic acids is 1. The topological polar surface area (TPSA) is 46.5 Å². The zero-order valence-electron chi connectivity index (χ0n) is 6.71. The number of fused-ring (bicyclic) bond motifs is 1. The van der Waals surface area contributed by atoms with Crippen molar-refractivity contribution in [3.63, 3.8) is 0 Å². The van der Waals surface area contributed by atoms with E-state index in [1.807, 2.05) is 0 Å². The normalized spacial score (nSPS) is 13.6. The van der Waals surface area contributed by atoms with Crippen LogP contribution >= 0.6 is 15.9 Å². The summed E-state index contributed by atoms with van der Waals surface area (Å²) in [6.45, 7) is 0.644. The minimum Gasteiger partial charge on any atom is -0.493 e. The summed E-state index contributed by atoms with van der Waals surface area (Å²) in [5.41, 5.74) is 1.27. The van der Waals surface area contributed by atoms with Gasteiger partial charge in [0, 0.05) is 10.9 Å². The Morgan fingerprint density at radius 1 is 1.54 bits per heavy atom. The van der Waals surface area contributed by atoms with Gasteiger partial charge in [0.2, 0.25) is 0 Å². The predicted octanol–water partition coefficient (Wildman–Crippen LogP) is 2.08. The third-order valence-electron chi connectivity index (χ3n) is 2.01. The lowest BCUT2D eigenvalue weighted by Gasteiger charge is -2.02. The maximum atomic E-state index is 10.8. The van der Waals surface area contributed by atoms with E-state index in [1.165, 1.54) is 0 Å². The molecule has 0 spiro atoms. The van der Waals surface area contributed by atoms with E-state index >= 15 is 0 Å². The van der Waals surface area contributed by atoms with E-state index in [1.54, 1.807) is 12.1 Å². The minimum absolute atomic E-state index is 0.296. The van der Waals surface area contributed by atoms with Gasteiger partial charge in [0.1, 0.15) is 5.75 Å². The van der Waals surface area contributed by atoms with Crippen LogP contribution in [-0.4, -0.2) is 17.7 Å². The number of carbonyl (C=O) groups is 1. The van der Waals surface area contributed by atoms with Gasteiger partial charge in [-0.15, -0.1) is 0 Å². The standard InChI is InChI=1S/C9H7BrO3/c10-7-4-8-5(1-2-13-8)3-6(7)9(11)12/h3-4H,1-2H2,(H,11,12).